The maximum absolute atomic E-state index is 6.06. The summed E-state index contributed by atoms with van der Waals surface area (Å²) >= 11 is 0. The first kappa shape index (κ1) is 16.0. The summed E-state index contributed by atoms with van der Waals surface area (Å²) in [6, 6.07) is 17.1. The maximum Gasteiger partial charge on any atom is 0.0881 e. The first-order valence-corrected chi connectivity index (χ1v) is 8.76. The van der Waals surface area contributed by atoms with Crippen LogP contribution >= 0.6 is 0 Å². The van der Waals surface area contributed by atoms with Gasteiger partial charge in [0.2, 0.25) is 0 Å². The molecule has 1 unspecified atom stereocenters. The van der Waals surface area contributed by atoms with Crippen LogP contribution < -0.4 is 4.90 Å². The van der Waals surface area contributed by atoms with Gasteiger partial charge in [-0.15, -0.1) is 6.42 Å². The van der Waals surface area contributed by atoms with Gasteiger partial charge in [0.15, 0.2) is 0 Å². The first-order chi connectivity index (χ1) is 12.3. The van der Waals surface area contributed by atoms with Crippen LogP contribution in [0.25, 0.3) is 12.2 Å². The number of nitrogens with zero attached hydrogens (tertiary/aromatic N) is 2. The molecule has 0 radical (unpaired) electrons. The Kier molecular flexibility index (Phi) is 4.56. The van der Waals surface area contributed by atoms with Crippen molar-refractivity contribution in [2.45, 2.75) is 6.10 Å². The highest BCUT2D eigenvalue weighted by atomic mass is 16.5. The Labute approximate surface area is 149 Å². The van der Waals surface area contributed by atoms with E-state index in [1.807, 2.05) is 0 Å². The van der Waals surface area contributed by atoms with E-state index in [-0.39, 0.29) is 6.10 Å². The minimum Gasteiger partial charge on any atom is -0.374 e. The number of para-hydroxylation sites is 2. The number of terminal acetylenes is 1. The van der Waals surface area contributed by atoms with Crippen molar-refractivity contribution < 1.29 is 4.74 Å². The standard InChI is InChI=1S/C22H22N2O/c1-2-13-23-14-15-25-20(16-23)17-24-21-9-5-3-7-18(21)11-12-19-8-4-6-10-22(19)24/h1,3-12,20H,13-17H2. The van der Waals surface area contributed by atoms with Crippen LogP contribution in [0.5, 0.6) is 0 Å². The van der Waals surface area contributed by atoms with E-state index < -0.39 is 0 Å². The average molecular weight is 330 g/mol. The summed E-state index contributed by atoms with van der Waals surface area (Å²) in [4.78, 5) is 4.68. The predicted octanol–water partition coefficient (Wildman–Crippen LogP) is 3.64. The lowest BCUT2D eigenvalue weighted by molar-refractivity contribution is -0.0183. The Hall–Kier alpha value is -2.54. The largest absolute Gasteiger partial charge is 0.374 e. The third-order valence-electron chi connectivity index (χ3n) is 4.82. The summed E-state index contributed by atoms with van der Waals surface area (Å²) < 4.78 is 6.06. The fourth-order valence-corrected chi connectivity index (χ4v) is 3.62. The van der Waals surface area contributed by atoms with Crippen molar-refractivity contribution in [2.24, 2.45) is 0 Å². The molecule has 25 heavy (non-hydrogen) atoms. The monoisotopic (exact) mass is 330 g/mol. The second-order valence-electron chi connectivity index (χ2n) is 6.49. The van der Waals surface area contributed by atoms with Gasteiger partial charge in [-0.3, -0.25) is 4.90 Å². The van der Waals surface area contributed by atoms with Gasteiger partial charge in [0.25, 0.3) is 0 Å². The van der Waals surface area contributed by atoms with Crippen molar-refractivity contribution in [1.82, 2.24) is 4.90 Å². The zero-order valence-electron chi connectivity index (χ0n) is 14.3. The highest BCUT2D eigenvalue weighted by Gasteiger charge is 2.25. The van der Waals surface area contributed by atoms with Crippen molar-refractivity contribution in [3.63, 3.8) is 0 Å². The van der Waals surface area contributed by atoms with E-state index in [4.69, 9.17) is 11.2 Å². The SMILES string of the molecule is C#CCN1CCOC(CN2c3ccccc3C=Cc3ccccc32)C1. The van der Waals surface area contributed by atoms with Crippen LogP contribution in [0.3, 0.4) is 0 Å². The molecule has 0 N–H and O–H groups in total. The number of benzene rings is 2. The Balaban J connectivity index is 1.66. The summed E-state index contributed by atoms with van der Waals surface area (Å²) in [7, 11) is 0. The Bertz CT molecular complexity index is 771. The van der Waals surface area contributed by atoms with Crippen LogP contribution in [-0.2, 0) is 4.74 Å². The molecule has 0 saturated carbocycles. The lowest BCUT2D eigenvalue weighted by Gasteiger charge is -2.36. The van der Waals surface area contributed by atoms with Gasteiger partial charge >= 0.3 is 0 Å². The molecule has 0 amide bonds. The van der Waals surface area contributed by atoms with Crippen LogP contribution in [0.15, 0.2) is 48.5 Å². The Morgan fingerprint density at radius 3 is 2.28 bits per heavy atom. The number of rotatable bonds is 3. The van der Waals surface area contributed by atoms with Gasteiger partial charge in [-0.2, -0.15) is 0 Å². The number of anilines is 2. The third-order valence-corrected chi connectivity index (χ3v) is 4.82. The summed E-state index contributed by atoms with van der Waals surface area (Å²) in [5, 5.41) is 0. The fourth-order valence-electron chi connectivity index (χ4n) is 3.62. The number of morpholine rings is 1. The molecule has 1 atom stereocenters. The molecule has 0 spiro atoms. The molecule has 3 nitrogen and oxygen atoms in total. The molecule has 2 aliphatic rings. The van der Waals surface area contributed by atoms with E-state index in [0.717, 1.165) is 26.2 Å². The van der Waals surface area contributed by atoms with Crippen molar-refractivity contribution in [3.8, 4) is 12.3 Å². The minimum atomic E-state index is 0.140. The topological polar surface area (TPSA) is 15.7 Å². The van der Waals surface area contributed by atoms with Crippen LogP contribution in [0, 0.1) is 12.3 Å². The van der Waals surface area contributed by atoms with Gasteiger partial charge in [0.1, 0.15) is 0 Å². The lowest BCUT2D eigenvalue weighted by Crippen LogP contribution is -2.47. The molecule has 1 fully saturated rings. The van der Waals surface area contributed by atoms with E-state index in [1.165, 1.54) is 22.5 Å². The minimum absolute atomic E-state index is 0.140. The molecule has 0 bridgehead atoms. The zero-order valence-corrected chi connectivity index (χ0v) is 14.3. The molecule has 3 heteroatoms. The lowest BCUT2D eigenvalue weighted by atomic mass is 10.1. The summed E-state index contributed by atoms with van der Waals surface area (Å²) in [5.74, 6) is 2.75. The smallest absolute Gasteiger partial charge is 0.0881 e. The summed E-state index contributed by atoms with van der Waals surface area (Å²) in [6.45, 7) is 4.03. The van der Waals surface area contributed by atoms with E-state index >= 15 is 0 Å². The van der Waals surface area contributed by atoms with Crippen molar-refractivity contribution in [3.05, 3.63) is 59.7 Å². The van der Waals surface area contributed by atoms with Crippen LogP contribution in [-0.4, -0.2) is 43.8 Å². The van der Waals surface area contributed by atoms with Crippen LogP contribution in [0.2, 0.25) is 0 Å². The van der Waals surface area contributed by atoms with Crippen molar-refractivity contribution >= 4 is 23.5 Å². The van der Waals surface area contributed by atoms with E-state index in [0.29, 0.717) is 6.54 Å². The van der Waals surface area contributed by atoms with E-state index in [1.54, 1.807) is 0 Å². The predicted molar refractivity (Wildman–Crippen MR) is 104 cm³/mol. The Morgan fingerprint density at radius 2 is 1.64 bits per heavy atom. The molecule has 2 aromatic rings. The number of hydrogen-bond donors (Lipinski definition) is 0. The van der Waals surface area contributed by atoms with Crippen molar-refractivity contribution in [1.29, 1.82) is 0 Å². The second-order valence-corrected chi connectivity index (χ2v) is 6.49. The van der Waals surface area contributed by atoms with Gasteiger partial charge in [0.05, 0.1) is 25.8 Å². The maximum atomic E-state index is 6.06. The molecule has 0 aliphatic carbocycles. The molecule has 0 aromatic heterocycles. The highest BCUT2D eigenvalue weighted by molar-refractivity contribution is 5.88. The number of hydrogen-bond acceptors (Lipinski definition) is 3. The number of fused-ring (bicyclic) bond motifs is 2. The van der Waals surface area contributed by atoms with Gasteiger partial charge in [0, 0.05) is 24.5 Å². The van der Waals surface area contributed by atoms with Gasteiger partial charge in [-0.05, 0) is 23.3 Å². The average Bonchev–Trinajstić information content (AvgIpc) is 2.80. The van der Waals surface area contributed by atoms with Crippen LogP contribution in [0.1, 0.15) is 11.1 Å². The van der Waals surface area contributed by atoms with E-state index in [2.05, 4.69) is 76.4 Å². The van der Waals surface area contributed by atoms with E-state index in [9.17, 15) is 0 Å². The first-order valence-electron chi connectivity index (χ1n) is 8.76. The second kappa shape index (κ2) is 7.14. The molecule has 126 valence electrons. The normalized spacial score (nSPS) is 19.6. The molecular weight excluding hydrogens is 308 g/mol. The quantitative estimate of drug-likeness (QED) is 0.799. The van der Waals surface area contributed by atoms with Crippen molar-refractivity contribution in [2.75, 3.05) is 37.7 Å². The van der Waals surface area contributed by atoms with Crippen LogP contribution in [0.4, 0.5) is 11.4 Å². The molecule has 1 saturated heterocycles. The van der Waals surface area contributed by atoms with Gasteiger partial charge < -0.3 is 9.64 Å². The molecule has 4 rings (SSSR count). The number of ether oxygens (including phenoxy) is 1. The third kappa shape index (κ3) is 3.32. The summed E-state index contributed by atoms with van der Waals surface area (Å²) in [6.07, 6.45) is 10.0. The van der Waals surface area contributed by atoms with Gasteiger partial charge in [-0.1, -0.05) is 54.5 Å². The zero-order chi connectivity index (χ0) is 17.1. The summed E-state index contributed by atoms with van der Waals surface area (Å²) in [5.41, 5.74) is 4.91. The molecule has 2 aliphatic heterocycles. The van der Waals surface area contributed by atoms with Gasteiger partial charge in [-0.25, -0.2) is 0 Å². The molecular formula is C22H22N2O. The fraction of sp³-hybridized carbons (Fsp3) is 0.273. The Morgan fingerprint density at radius 1 is 1.00 bits per heavy atom. The highest BCUT2D eigenvalue weighted by Crippen LogP contribution is 2.36. The molecule has 2 aromatic carbocycles. The molecule has 2 heterocycles.